The van der Waals surface area contributed by atoms with Crippen LogP contribution in [0.5, 0.6) is 0 Å². The average Bonchev–Trinajstić information content (AvgIpc) is 2.87. The van der Waals surface area contributed by atoms with E-state index in [0.29, 0.717) is 26.6 Å². The highest BCUT2D eigenvalue weighted by Crippen LogP contribution is 2.18. The van der Waals surface area contributed by atoms with Crippen molar-refractivity contribution in [1.82, 2.24) is 9.97 Å². The molecule has 3 aromatic rings. The van der Waals surface area contributed by atoms with Gasteiger partial charge in [0.2, 0.25) is 0 Å². The number of benzene rings is 2. The second-order valence-electron chi connectivity index (χ2n) is 4.71. The molecule has 0 aliphatic rings. The van der Waals surface area contributed by atoms with Crippen molar-refractivity contribution in [2.24, 2.45) is 0 Å². The van der Waals surface area contributed by atoms with E-state index in [-0.39, 0.29) is 17.3 Å². The molecular weight excluding hydrogens is 351 g/mol. The molecule has 0 atom stereocenters. The molecule has 2 aromatic carbocycles. The summed E-state index contributed by atoms with van der Waals surface area (Å²) in [6.07, 6.45) is 3.02. The van der Waals surface area contributed by atoms with E-state index < -0.39 is 0 Å². The van der Waals surface area contributed by atoms with E-state index in [1.807, 2.05) is 0 Å². The number of carbonyl (C=O) groups is 1. The van der Waals surface area contributed by atoms with Crippen molar-refractivity contribution >= 4 is 38.8 Å². The molecule has 110 valence electrons. The lowest BCUT2D eigenvalue weighted by Gasteiger charge is -1.98. The van der Waals surface area contributed by atoms with E-state index in [9.17, 15) is 14.0 Å². The molecule has 0 unspecified atom stereocenters. The van der Waals surface area contributed by atoms with Gasteiger partial charge < -0.3 is 9.97 Å². The number of halogens is 2. The highest BCUT2D eigenvalue weighted by molar-refractivity contribution is 9.10. The Bertz CT molecular complexity index is 956. The quantitative estimate of drug-likeness (QED) is 0.552. The fourth-order valence-corrected chi connectivity index (χ4v) is 2.47. The summed E-state index contributed by atoms with van der Waals surface area (Å²) >= 11 is 3.10. The highest BCUT2D eigenvalue weighted by Gasteiger charge is 2.05. The smallest absolute Gasteiger partial charge is 0.306 e. The van der Waals surface area contributed by atoms with E-state index in [1.165, 1.54) is 12.1 Å². The van der Waals surface area contributed by atoms with Crippen LogP contribution >= 0.6 is 15.9 Å². The third-order valence-electron chi connectivity index (χ3n) is 3.17. The molecule has 6 heteroatoms. The summed E-state index contributed by atoms with van der Waals surface area (Å²) in [6, 6.07) is 9.41. The minimum Gasteiger partial charge on any atom is -0.306 e. The second kappa shape index (κ2) is 5.73. The zero-order valence-electron chi connectivity index (χ0n) is 11.2. The third-order valence-corrected chi connectivity index (χ3v) is 3.78. The van der Waals surface area contributed by atoms with Crippen LogP contribution in [-0.2, 0) is 0 Å². The summed E-state index contributed by atoms with van der Waals surface area (Å²) in [6.45, 7) is 0. The van der Waals surface area contributed by atoms with Crippen LogP contribution in [-0.4, -0.2) is 15.8 Å². The zero-order chi connectivity index (χ0) is 15.7. The highest BCUT2D eigenvalue weighted by atomic mass is 79.9. The monoisotopic (exact) mass is 360 g/mol. The Kier molecular flexibility index (Phi) is 3.77. The van der Waals surface area contributed by atoms with Crippen LogP contribution in [0.1, 0.15) is 15.9 Å². The van der Waals surface area contributed by atoms with Crippen LogP contribution in [0.15, 0.2) is 51.7 Å². The predicted octanol–water partition coefficient (Wildman–Crippen LogP) is 3.65. The normalized spacial score (nSPS) is 11.4. The number of aromatic amines is 2. The number of H-pyrrole nitrogens is 2. The Morgan fingerprint density at radius 3 is 2.64 bits per heavy atom. The molecule has 0 spiro atoms. The molecule has 0 radical (unpaired) electrons. The van der Waals surface area contributed by atoms with Crippen molar-refractivity contribution in [3.63, 3.8) is 0 Å². The number of rotatable bonds is 3. The third kappa shape index (κ3) is 2.92. The van der Waals surface area contributed by atoms with Gasteiger partial charge in [0.05, 0.1) is 15.5 Å². The number of fused-ring (bicyclic) bond motifs is 1. The zero-order valence-corrected chi connectivity index (χ0v) is 12.8. The van der Waals surface area contributed by atoms with Gasteiger partial charge in [-0.25, -0.2) is 9.18 Å². The lowest BCUT2D eigenvalue weighted by Crippen LogP contribution is -1.99. The first kappa shape index (κ1) is 14.5. The number of allylic oxidation sites excluding steroid dienone is 1. The van der Waals surface area contributed by atoms with Crippen LogP contribution in [0.25, 0.3) is 17.1 Å². The topological polar surface area (TPSA) is 65.7 Å². The van der Waals surface area contributed by atoms with E-state index in [4.69, 9.17) is 0 Å². The molecule has 0 aliphatic carbocycles. The van der Waals surface area contributed by atoms with Crippen molar-refractivity contribution in [3.05, 3.63) is 74.4 Å². The maximum atomic E-state index is 13.1. The summed E-state index contributed by atoms with van der Waals surface area (Å²) in [5, 5.41) is 0. The Balaban J connectivity index is 1.87. The largest absolute Gasteiger partial charge is 0.323 e. The molecule has 0 amide bonds. The minimum absolute atomic E-state index is 0.204. The molecule has 0 saturated carbocycles. The van der Waals surface area contributed by atoms with Gasteiger partial charge in [-0.2, -0.15) is 0 Å². The van der Waals surface area contributed by atoms with E-state index >= 15 is 0 Å². The molecule has 3 rings (SSSR count). The molecule has 0 fully saturated rings. The van der Waals surface area contributed by atoms with E-state index in [2.05, 4.69) is 25.9 Å². The van der Waals surface area contributed by atoms with Crippen molar-refractivity contribution in [2.45, 2.75) is 0 Å². The molecule has 0 saturated heterocycles. The Hall–Kier alpha value is -2.47. The van der Waals surface area contributed by atoms with Crippen LogP contribution in [0, 0.1) is 5.82 Å². The van der Waals surface area contributed by atoms with E-state index in [1.54, 1.807) is 36.4 Å². The molecule has 1 aromatic heterocycles. The Morgan fingerprint density at radius 1 is 1.09 bits per heavy atom. The van der Waals surface area contributed by atoms with Gasteiger partial charge in [0, 0.05) is 5.56 Å². The van der Waals surface area contributed by atoms with Gasteiger partial charge in [-0.05, 0) is 57.9 Å². The summed E-state index contributed by atoms with van der Waals surface area (Å²) in [7, 11) is 0. The average molecular weight is 361 g/mol. The van der Waals surface area contributed by atoms with Crippen LogP contribution in [0.3, 0.4) is 0 Å². The van der Waals surface area contributed by atoms with Gasteiger partial charge in [0.15, 0.2) is 5.78 Å². The van der Waals surface area contributed by atoms with Gasteiger partial charge in [-0.1, -0.05) is 12.1 Å². The lowest BCUT2D eigenvalue weighted by atomic mass is 10.1. The predicted molar refractivity (Wildman–Crippen MR) is 86.4 cm³/mol. The molecule has 2 N–H and O–H groups in total. The molecule has 0 aliphatic heterocycles. The number of nitrogens with one attached hydrogen (secondary N) is 2. The lowest BCUT2D eigenvalue weighted by molar-refractivity contribution is 0.104. The second-order valence-corrected chi connectivity index (χ2v) is 5.56. The fourth-order valence-electron chi connectivity index (χ4n) is 2.07. The molecule has 1 heterocycles. The minimum atomic E-state index is -0.356. The first-order valence-electron chi connectivity index (χ1n) is 6.42. The molecule has 22 heavy (non-hydrogen) atoms. The molecular formula is C16H10BrFN2O2. The van der Waals surface area contributed by atoms with Crippen LogP contribution in [0.4, 0.5) is 4.39 Å². The van der Waals surface area contributed by atoms with Crippen molar-refractivity contribution in [1.29, 1.82) is 0 Å². The first-order valence-corrected chi connectivity index (χ1v) is 7.22. The summed E-state index contributed by atoms with van der Waals surface area (Å²) < 4.78 is 13.5. The summed E-state index contributed by atoms with van der Waals surface area (Å²) in [4.78, 5) is 28.6. The van der Waals surface area contributed by atoms with Crippen molar-refractivity contribution in [2.75, 3.05) is 0 Å². The number of aromatic nitrogens is 2. The SMILES string of the molecule is O=C(C=Cc1ccc(F)c(Br)c1)c1ccc2[nH]c(=O)[nH]c2c1. The van der Waals surface area contributed by atoms with Gasteiger partial charge in [0.1, 0.15) is 5.82 Å². The maximum Gasteiger partial charge on any atom is 0.323 e. The van der Waals surface area contributed by atoms with Crippen LogP contribution in [0.2, 0.25) is 0 Å². The number of carbonyl (C=O) groups excluding carboxylic acids is 1. The van der Waals surface area contributed by atoms with E-state index in [0.717, 1.165) is 0 Å². The standard InChI is InChI=1S/C16H10BrFN2O2/c17-11-7-9(1-4-12(11)18)2-6-15(21)10-3-5-13-14(8-10)20-16(22)19-13/h1-8H,(H2,19,20,22). The Labute approximate surface area is 132 Å². The van der Waals surface area contributed by atoms with Gasteiger partial charge in [-0.3, -0.25) is 4.79 Å². The number of hydrogen-bond donors (Lipinski definition) is 2. The number of ketones is 1. The van der Waals surface area contributed by atoms with Crippen molar-refractivity contribution in [3.8, 4) is 0 Å². The summed E-state index contributed by atoms with van der Waals surface area (Å²) in [5.41, 5.74) is 2.08. The van der Waals surface area contributed by atoms with Crippen molar-refractivity contribution < 1.29 is 9.18 Å². The number of imidazole rings is 1. The first-order chi connectivity index (χ1) is 10.5. The summed E-state index contributed by atoms with van der Waals surface area (Å²) in [5.74, 6) is -0.560. The van der Waals surface area contributed by atoms with Gasteiger partial charge >= 0.3 is 5.69 Å². The Morgan fingerprint density at radius 2 is 1.86 bits per heavy atom. The van der Waals surface area contributed by atoms with Gasteiger partial charge in [-0.15, -0.1) is 0 Å². The fraction of sp³-hybridized carbons (Fsp3) is 0. The van der Waals surface area contributed by atoms with Crippen LogP contribution < -0.4 is 5.69 Å². The maximum absolute atomic E-state index is 13.1. The molecule has 0 bridgehead atoms. The van der Waals surface area contributed by atoms with Gasteiger partial charge in [0.25, 0.3) is 0 Å². The number of hydrogen-bond acceptors (Lipinski definition) is 2. The molecule has 4 nitrogen and oxygen atoms in total.